The standard InChI is InChI=1S/C15H20N2O/c1-3-8-17-9-7-16-15(17)14(18)11-13-6-4-5-12(2)10-13/h4-7,9-10,14,18H,3,8,11H2,1-2H3. The van der Waals surface area contributed by atoms with Crippen LogP contribution < -0.4 is 0 Å². The molecule has 0 amide bonds. The highest BCUT2D eigenvalue weighted by molar-refractivity contribution is 5.23. The summed E-state index contributed by atoms with van der Waals surface area (Å²) in [6.07, 6.45) is 4.81. The molecular weight excluding hydrogens is 224 g/mol. The van der Waals surface area contributed by atoms with Crippen molar-refractivity contribution < 1.29 is 5.11 Å². The van der Waals surface area contributed by atoms with E-state index in [0.717, 1.165) is 24.4 Å². The maximum Gasteiger partial charge on any atom is 0.137 e. The van der Waals surface area contributed by atoms with Gasteiger partial charge in [0.05, 0.1) is 0 Å². The molecular formula is C15H20N2O. The Morgan fingerprint density at radius 3 is 2.94 bits per heavy atom. The average molecular weight is 244 g/mol. The maximum absolute atomic E-state index is 10.3. The molecule has 0 aliphatic rings. The van der Waals surface area contributed by atoms with E-state index >= 15 is 0 Å². The molecule has 0 radical (unpaired) electrons. The van der Waals surface area contributed by atoms with Crippen LogP contribution in [-0.4, -0.2) is 14.7 Å². The van der Waals surface area contributed by atoms with Crippen LogP contribution in [0.1, 0.15) is 36.4 Å². The Hall–Kier alpha value is -1.61. The number of hydrogen-bond acceptors (Lipinski definition) is 2. The van der Waals surface area contributed by atoms with Crippen LogP contribution in [0, 0.1) is 6.92 Å². The Bertz CT molecular complexity index is 505. The van der Waals surface area contributed by atoms with Crippen molar-refractivity contribution in [2.45, 2.75) is 39.3 Å². The summed E-state index contributed by atoms with van der Waals surface area (Å²) in [6.45, 7) is 5.09. The van der Waals surface area contributed by atoms with E-state index < -0.39 is 6.10 Å². The van der Waals surface area contributed by atoms with Crippen molar-refractivity contribution in [3.8, 4) is 0 Å². The van der Waals surface area contributed by atoms with Crippen molar-refractivity contribution in [2.24, 2.45) is 0 Å². The van der Waals surface area contributed by atoms with Gasteiger partial charge < -0.3 is 9.67 Å². The smallest absolute Gasteiger partial charge is 0.137 e. The number of aliphatic hydroxyl groups excluding tert-OH is 1. The predicted octanol–water partition coefficient (Wildman–Crippen LogP) is 2.88. The molecule has 1 N–H and O–H groups in total. The second-order valence-electron chi connectivity index (χ2n) is 4.69. The lowest BCUT2D eigenvalue weighted by molar-refractivity contribution is 0.163. The van der Waals surface area contributed by atoms with Gasteiger partial charge in [0.15, 0.2) is 0 Å². The van der Waals surface area contributed by atoms with Gasteiger partial charge in [0.2, 0.25) is 0 Å². The summed E-state index contributed by atoms with van der Waals surface area (Å²) in [4.78, 5) is 4.27. The lowest BCUT2D eigenvalue weighted by Gasteiger charge is -2.13. The summed E-state index contributed by atoms with van der Waals surface area (Å²) in [5.74, 6) is 0.762. The van der Waals surface area contributed by atoms with Crippen LogP contribution in [0.15, 0.2) is 36.7 Å². The average Bonchev–Trinajstić information content (AvgIpc) is 2.78. The zero-order valence-corrected chi connectivity index (χ0v) is 11.0. The molecule has 1 unspecified atom stereocenters. The van der Waals surface area contributed by atoms with Gasteiger partial charge in [-0.05, 0) is 18.9 Å². The lowest BCUT2D eigenvalue weighted by atomic mass is 10.1. The molecule has 2 aromatic rings. The van der Waals surface area contributed by atoms with Gasteiger partial charge in [0, 0.05) is 25.4 Å². The van der Waals surface area contributed by atoms with Crippen molar-refractivity contribution in [2.75, 3.05) is 0 Å². The van der Waals surface area contributed by atoms with Crippen molar-refractivity contribution in [3.63, 3.8) is 0 Å². The molecule has 1 atom stereocenters. The minimum atomic E-state index is -0.534. The van der Waals surface area contributed by atoms with Crippen molar-refractivity contribution in [1.82, 2.24) is 9.55 Å². The lowest BCUT2D eigenvalue weighted by Crippen LogP contribution is -2.10. The van der Waals surface area contributed by atoms with Gasteiger partial charge in [0.1, 0.15) is 11.9 Å². The van der Waals surface area contributed by atoms with Crippen LogP contribution in [0.5, 0.6) is 0 Å². The first-order chi connectivity index (χ1) is 8.70. The highest BCUT2D eigenvalue weighted by Gasteiger charge is 2.14. The Balaban J connectivity index is 2.11. The number of aliphatic hydroxyl groups is 1. The minimum Gasteiger partial charge on any atom is -0.385 e. The quantitative estimate of drug-likeness (QED) is 0.878. The summed E-state index contributed by atoms with van der Waals surface area (Å²) in [6, 6.07) is 8.24. The largest absolute Gasteiger partial charge is 0.385 e. The maximum atomic E-state index is 10.3. The van der Waals surface area contributed by atoms with Crippen molar-refractivity contribution >= 4 is 0 Å². The first-order valence-electron chi connectivity index (χ1n) is 6.45. The van der Waals surface area contributed by atoms with Gasteiger partial charge in [0.25, 0.3) is 0 Å². The molecule has 0 spiro atoms. The third-order valence-electron chi connectivity index (χ3n) is 3.02. The SMILES string of the molecule is CCCn1ccnc1C(O)Cc1cccc(C)c1. The zero-order valence-electron chi connectivity index (χ0n) is 11.0. The molecule has 1 aromatic heterocycles. The Labute approximate surface area is 108 Å². The highest BCUT2D eigenvalue weighted by atomic mass is 16.3. The number of hydrogen-bond donors (Lipinski definition) is 1. The molecule has 2 rings (SSSR count). The number of imidazole rings is 1. The van der Waals surface area contributed by atoms with Crippen molar-refractivity contribution in [3.05, 3.63) is 53.6 Å². The first kappa shape index (κ1) is 12.8. The second-order valence-corrected chi connectivity index (χ2v) is 4.69. The molecule has 1 heterocycles. The van der Waals surface area contributed by atoms with E-state index in [-0.39, 0.29) is 0 Å². The van der Waals surface area contributed by atoms with Crippen molar-refractivity contribution in [1.29, 1.82) is 0 Å². The van der Waals surface area contributed by atoms with E-state index in [1.165, 1.54) is 5.56 Å². The van der Waals surface area contributed by atoms with Crippen LogP contribution in [-0.2, 0) is 13.0 Å². The van der Waals surface area contributed by atoms with Gasteiger partial charge in [-0.3, -0.25) is 0 Å². The first-order valence-corrected chi connectivity index (χ1v) is 6.45. The third kappa shape index (κ3) is 2.99. The summed E-state index contributed by atoms with van der Waals surface area (Å²) in [5.41, 5.74) is 2.37. The van der Waals surface area contributed by atoms with Gasteiger partial charge in [-0.15, -0.1) is 0 Å². The molecule has 3 nitrogen and oxygen atoms in total. The fourth-order valence-corrected chi connectivity index (χ4v) is 2.20. The summed E-state index contributed by atoms with van der Waals surface area (Å²) < 4.78 is 2.03. The topological polar surface area (TPSA) is 38.0 Å². The molecule has 0 bridgehead atoms. The van der Waals surface area contributed by atoms with Gasteiger partial charge in [-0.1, -0.05) is 36.8 Å². The van der Waals surface area contributed by atoms with Crippen LogP contribution in [0.2, 0.25) is 0 Å². The van der Waals surface area contributed by atoms with Gasteiger partial charge >= 0.3 is 0 Å². The molecule has 0 fully saturated rings. The monoisotopic (exact) mass is 244 g/mol. The van der Waals surface area contributed by atoms with E-state index in [1.807, 2.05) is 22.9 Å². The molecule has 96 valence electrons. The van der Waals surface area contributed by atoms with E-state index in [2.05, 4.69) is 31.0 Å². The molecule has 1 aromatic carbocycles. The number of rotatable bonds is 5. The highest BCUT2D eigenvalue weighted by Crippen LogP contribution is 2.17. The third-order valence-corrected chi connectivity index (χ3v) is 3.02. The van der Waals surface area contributed by atoms with Crippen LogP contribution in [0.3, 0.4) is 0 Å². The van der Waals surface area contributed by atoms with E-state index in [4.69, 9.17) is 0 Å². The fraction of sp³-hybridized carbons (Fsp3) is 0.400. The van der Waals surface area contributed by atoms with Gasteiger partial charge in [-0.25, -0.2) is 4.98 Å². The number of benzene rings is 1. The number of aromatic nitrogens is 2. The Morgan fingerprint density at radius 2 is 2.22 bits per heavy atom. The van der Waals surface area contributed by atoms with E-state index in [9.17, 15) is 5.11 Å². The molecule has 0 aliphatic heterocycles. The number of nitrogens with zero attached hydrogens (tertiary/aromatic N) is 2. The Kier molecular flexibility index (Phi) is 4.15. The minimum absolute atomic E-state index is 0.534. The second kappa shape index (κ2) is 5.83. The van der Waals surface area contributed by atoms with Crippen LogP contribution in [0.25, 0.3) is 0 Å². The Morgan fingerprint density at radius 1 is 1.39 bits per heavy atom. The zero-order chi connectivity index (χ0) is 13.0. The molecule has 0 saturated carbocycles. The molecule has 0 saturated heterocycles. The number of aryl methyl sites for hydroxylation is 2. The van der Waals surface area contributed by atoms with E-state index in [0.29, 0.717) is 6.42 Å². The van der Waals surface area contributed by atoms with Crippen LogP contribution in [0.4, 0.5) is 0 Å². The van der Waals surface area contributed by atoms with E-state index in [1.54, 1.807) is 6.20 Å². The normalized spacial score (nSPS) is 12.6. The summed E-state index contributed by atoms with van der Waals surface area (Å²) in [5, 5.41) is 10.3. The summed E-state index contributed by atoms with van der Waals surface area (Å²) >= 11 is 0. The van der Waals surface area contributed by atoms with Crippen LogP contribution >= 0.6 is 0 Å². The fourth-order valence-electron chi connectivity index (χ4n) is 2.20. The summed E-state index contributed by atoms with van der Waals surface area (Å²) in [7, 11) is 0. The molecule has 3 heteroatoms. The molecule has 0 aliphatic carbocycles. The molecule has 18 heavy (non-hydrogen) atoms. The predicted molar refractivity (Wildman–Crippen MR) is 72.4 cm³/mol. The van der Waals surface area contributed by atoms with Gasteiger partial charge in [-0.2, -0.15) is 0 Å².